The molecule has 116 valence electrons. The fourth-order valence-electron chi connectivity index (χ4n) is 2.19. The lowest BCUT2D eigenvalue weighted by Gasteiger charge is -2.13. The average molecular weight is 297 g/mol. The molecule has 2 aromatic carbocycles. The molecule has 0 radical (unpaired) electrons. The van der Waals surface area contributed by atoms with E-state index >= 15 is 0 Å². The van der Waals surface area contributed by atoms with Gasteiger partial charge < -0.3 is 10.1 Å². The van der Waals surface area contributed by atoms with Gasteiger partial charge in [-0.15, -0.1) is 0 Å². The summed E-state index contributed by atoms with van der Waals surface area (Å²) in [6, 6.07) is 16.0. The molecule has 0 atom stereocenters. The molecule has 22 heavy (non-hydrogen) atoms. The molecule has 0 saturated heterocycles. The van der Waals surface area contributed by atoms with Gasteiger partial charge in [-0.25, -0.2) is 0 Å². The van der Waals surface area contributed by atoms with Crippen LogP contribution in [0.5, 0.6) is 5.75 Å². The highest BCUT2D eigenvalue weighted by atomic mass is 16.5. The summed E-state index contributed by atoms with van der Waals surface area (Å²) in [6.45, 7) is 6.82. The molecule has 1 amide bonds. The topological polar surface area (TPSA) is 38.3 Å². The summed E-state index contributed by atoms with van der Waals surface area (Å²) >= 11 is 0. The van der Waals surface area contributed by atoms with Gasteiger partial charge in [0, 0.05) is 6.54 Å². The standard InChI is InChI=1S/C19H23NO2/c1-14(2)17-6-4-5-7-18(17)22-13-19(21)20-12-16-10-8-15(3)9-11-16/h4-11,14H,12-13H2,1-3H3,(H,20,21). The van der Waals surface area contributed by atoms with Crippen molar-refractivity contribution in [3.63, 3.8) is 0 Å². The van der Waals surface area contributed by atoms with E-state index in [9.17, 15) is 4.79 Å². The lowest BCUT2D eigenvalue weighted by atomic mass is 10.0. The van der Waals surface area contributed by atoms with Gasteiger partial charge in [-0.2, -0.15) is 0 Å². The molecule has 0 aromatic heterocycles. The summed E-state index contributed by atoms with van der Waals surface area (Å²) in [5, 5.41) is 2.87. The zero-order chi connectivity index (χ0) is 15.9. The first kappa shape index (κ1) is 16.1. The van der Waals surface area contributed by atoms with Crippen LogP contribution in [0, 0.1) is 6.92 Å². The summed E-state index contributed by atoms with van der Waals surface area (Å²) in [5.74, 6) is 1.04. The summed E-state index contributed by atoms with van der Waals surface area (Å²) in [6.07, 6.45) is 0. The molecule has 2 aromatic rings. The Morgan fingerprint density at radius 3 is 2.45 bits per heavy atom. The third-order valence-electron chi connectivity index (χ3n) is 3.51. The molecule has 0 unspecified atom stereocenters. The number of ether oxygens (including phenoxy) is 1. The van der Waals surface area contributed by atoms with Crippen LogP contribution >= 0.6 is 0 Å². The van der Waals surface area contributed by atoms with E-state index in [2.05, 4.69) is 19.2 Å². The number of hydrogen-bond donors (Lipinski definition) is 1. The van der Waals surface area contributed by atoms with Crippen LogP contribution in [0.3, 0.4) is 0 Å². The maximum absolute atomic E-state index is 11.9. The number of hydrogen-bond acceptors (Lipinski definition) is 2. The third-order valence-corrected chi connectivity index (χ3v) is 3.51. The van der Waals surface area contributed by atoms with Crippen LogP contribution in [0.25, 0.3) is 0 Å². The highest BCUT2D eigenvalue weighted by Gasteiger charge is 2.09. The monoisotopic (exact) mass is 297 g/mol. The molecule has 0 fully saturated rings. The highest BCUT2D eigenvalue weighted by molar-refractivity contribution is 5.77. The molecule has 0 aliphatic carbocycles. The minimum atomic E-state index is -0.112. The number of benzene rings is 2. The number of aryl methyl sites for hydroxylation is 1. The SMILES string of the molecule is Cc1ccc(CNC(=O)COc2ccccc2C(C)C)cc1. The second-order valence-electron chi connectivity index (χ2n) is 5.74. The zero-order valence-corrected chi connectivity index (χ0v) is 13.4. The fraction of sp³-hybridized carbons (Fsp3) is 0.316. The van der Waals surface area contributed by atoms with Crippen LogP contribution in [0.1, 0.15) is 36.5 Å². The number of rotatable bonds is 6. The van der Waals surface area contributed by atoms with E-state index in [0.29, 0.717) is 12.5 Å². The largest absolute Gasteiger partial charge is 0.483 e. The molecule has 1 N–H and O–H groups in total. The zero-order valence-electron chi connectivity index (χ0n) is 13.4. The Bertz CT molecular complexity index is 618. The van der Waals surface area contributed by atoms with Crippen LogP contribution in [0.15, 0.2) is 48.5 Å². The predicted molar refractivity (Wildman–Crippen MR) is 89.1 cm³/mol. The van der Waals surface area contributed by atoms with E-state index in [0.717, 1.165) is 16.9 Å². The molecular weight excluding hydrogens is 274 g/mol. The van der Waals surface area contributed by atoms with Crippen LogP contribution in [0.4, 0.5) is 0 Å². The maximum Gasteiger partial charge on any atom is 0.258 e. The minimum absolute atomic E-state index is 0.0373. The van der Waals surface area contributed by atoms with Gasteiger partial charge in [-0.3, -0.25) is 4.79 Å². The molecule has 0 bridgehead atoms. The Balaban J connectivity index is 1.84. The van der Waals surface area contributed by atoms with E-state index < -0.39 is 0 Å². The van der Waals surface area contributed by atoms with E-state index in [1.54, 1.807) is 0 Å². The molecule has 0 heterocycles. The summed E-state index contributed by atoms with van der Waals surface area (Å²) < 4.78 is 5.66. The van der Waals surface area contributed by atoms with Gasteiger partial charge in [-0.05, 0) is 30.0 Å². The first-order valence-corrected chi connectivity index (χ1v) is 7.60. The number of carbonyl (C=O) groups is 1. The number of amides is 1. The van der Waals surface area contributed by atoms with Gasteiger partial charge in [0.15, 0.2) is 6.61 Å². The van der Waals surface area contributed by atoms with Crippen molar-refractivity contribution in [2.24, 2.45) is 0 Å². The Kier molecular flexibility index (Phi) is 5.59. The Morgan fingerprint density at radius 1 is 1.09 bits per heavy atom. The number of para-hydroxylation sites is 1. The smallest absolute Gasteiger partial charge is 0.258 e. The van der Waals surface area contributed by atoms with Crippen molar-refractivity contribution in [2.45, 2.75) is 33.2 Å². The molecule has 3 nitrogen and oxygen atoms in total. The molecule has 0 saturated carbocycles. The van der Waals surface area contributed by atoms with E-state index in [1.807, 2.05) is 55.5 Å². The second-order valence-corrected chi connectivity index (χ2v) is 5.74. The average Bonchev–Trinajstić information content (AvgIpc) is 2.52. The van der Waals surface area contributed by atoms with Crippen LogP contribution in [0.2, 0.25) is 0 Å². The molecule has 0 aliphatic heterocycles. The lowest BCUT2D eigenvalue weighted by molar-refractivity contribution is -0.123. The van der Waals surface area contributed by atoms with Gasteiger partial charge in [0.1, 0.15) is 5.75 Å². The minimum Gasteiger partial charge on any atom is -0.483 e. The van der Waals surface area contributed by atoms with Crippen molar-refractivity contribution in [1.29, 1.82) is 0 Å². The second kappa shape index (κ2) is 7.64. The third kappa shape index (κ3) is 4.62. The van der Waals surface area contributed by atoms with Crippen molar-refractivity contribution in [3.8, 4) is 5.75 Å². The van der Waals surface area contributed by atoms with Crippen LogP contribution < -0.4 is 10.1 Å². The van der Waals surface area contributed by atoms with Gasteiger partial charge in [0.2, 0.25) is 0 Å². The Morgan fingerprint density at radius 2 is 1.77 bits per heavy atom. The van der Waals surface area contributed by atoms with Crippen molar-refractivity contribution in [2.75, 3.05) is 6.61 Å². The van der Waals surface area contributed by atoms with E-state index in [1.165, 1.54) is 5.56 Å². The summed E-state index contributed by atoms with van der Waals surface area (Å²) in [7, 11) is 0. The molecular formula is C19H23NO2. The first-order valence-electron chi connectivity index (χ1n) is 7.60. The van der Waals surface area contributed by atoms with Gasteiger partial charge in [0.05, 0.1) is 0 Å². The lowest BCUT2D eigenvalue weighted by Crippen LogP contribution is -2.28. The maximum atomic E-state index is 11.9. The molecule has 3 heteroatoms. The highest BCUT2D eigenvalue weighted by Crippen LogP contribution is 2.25. The fourth-order valence-corrected chi connectivity index (χ4v) is 2.19. The van der Waals surface area contributed by atoms with E-state index in [4.69, 9.17) is 4.74 Å². The summed E-state index contributed by atoms with van der Waals surface area (Å²) in [5.41, 5.74) is 3.42. The van der Waals surface area contributed by atoms with Crippen molar-refractivity contribution in [1.82, 2.24) is 5.32 Å². The predicted octanol–water partition coefficient (Wildman–Crippen LogP) is 3.81. The Hall–Kier alpha value is -2.29. The number of nitrogens with one attached hydrogen (secondary N) is 1. The van der Waals surface area contributed by atoms with Gasteiger partial charge in [-0.1, -0.05) is 61.9 Å². The molecule has 2 rings (SSSR count). The van der Waals surface area contributed by atoms with Gasteiger partial charge in [0.25, 0.3) is 5.91 Å². The van der Waals surface area contributed by atoms with Crippen LogP contribution in [-0.2, 0) is 11.3 Å². The first-order chi connectivity index (χ1) is 10.6. The van der Waals surface area contributed by atoms with Crippen molar-refractivity contribution < 1.29 is 9.53 Å². The normalized spacial score (nSPS) is 10.5. The molecule has 0 spiro atoms. The van der Waals surface area contributed by atoms with Crippen molar-refractivity contribution >= 4 is 5.91 Å². The van der Waals surface area contributed by atoms with Gasteiger partial charge >= 0.3 is 0 Å². The summed E-state index contributed by atoms with van der Waals surface area (Å²) in [4.78, 5) is 11.9. The number of carbonyl (C=O) groups excluding carboxylic acids is 1. The molecule has 0 aliphatic rings. The van der Waals surface area contributed by atoms with Crippen molar-refractivity contribution in [3.05, 3.63) is 65.2 Å². The van der Waals surface area contributed by atoms with Crippen LogP contribution in [-0.4, -0.2) is 12.5 Å². The van der Waals surface area contributed by atoms with E-state index in [-0.39, 0.29) is 12.5 Å². The Labute approximate surface area is 132 Å². The quantitative estimate of drug-likeness (QED) is 0.880.